The number of amides is 1. The number of fused-ring (bicyclic) bond motifs is 1. The number of likely N-dealkylation sites (N-methyl/N-ethyl adjacent to an activating group) is 1. The number of benzene rings is 1. The molecule has 31 heavy (non-hydrogen) atoms. The molecule has 164 valence electrons. The molecule has 1 aromatic carbocycles. The van der Waals surface area contributed by atoms with Gasteiger partial charge in [-0.25, -0.2) is 4.79 Å². The Hall–Kier alpha value is -3.22. The molecule has 0 N–H and O–H groups in total. The second-order valence-corrected chi connectivity index (χ2v) is 8.10. The second kappa shape index (κ2) is 8.88. The van der Waals surface area contributed by atoms with Gasteiger partial charge in [0.15, 0.2) is 18.1 Å². The Morgan fingerprint density at radius 3 is 2.65 bits per heavy atom. The van der Waals surface area contributed by atoms with Gasteiger partial charge in [0.05, 0.1) is 0 Å². The van der Waals surface area contributed by atoms with E-state index in [1.54, 1.807) is 13.1 Å². The normalized spacial score (nSPS) is 15.2. The number of hydrogen-bond donors (Lipinski definition) is 0. The summed E-state index contributed by atoms with van der Waals surface area (Å²) in [5, 5.41) is 0. The van der Waals surface area contributed by atoms with Crippen LogP contribution in [0.5, 0.6) is 11.5 Å². The minimum atomic E-state index is -0.530. The largest absolute Gasteiger partial charge is 0.486 e. The average molecular weight is 424 g/mol. The van der Waals surface area contributed by atoms with E-state index < -0.39 is 5.97 Å². The van der Waals surface area contributed by atoms with E-state index in [-0.39, 0.29) is 12.5 Å². The molecule has 4 rings (SSSR count). The van der Waals surface area contributed by atoms with Gasteiger partial charge in [-0.2, -0.15) is 0 Å². The van der Waals surface area contributed by atoms with Gasteiger partial charge in [0, 0.05) is 37.1 Å². The molecule has 1 aliphatic carbocycles. The van der Waals surface area contributed by atoms with Crippen LogP contribution in [-0.4, -0.2) is 48.2 Å². The SMILES string of the molecule is Cc1cc(/C=C/C(=O)OCC(=O)N(C)Cc2ccc3c(c2)OCCO3)c(C)n1C1CC1. The van der Waals surface area contributed by atoms with Crippen molar-refractivity contribution in [1.29, 1.82) is 0 Å². The molecule has 0 spiro atoms. The maximum absolute atomic E-state index is 12.4. The van der Waals surface area contributed by atoms with E-state index in [0.29, 0.717) is 37.3 Å². The Labute approximate surface area is 182 Å². The van der Waals surface area contributed by atoms with Crippen LogP contribution in [-0.2, 0) is 20.9 Å². The molecule has 0 saturated heterocycles. The minimum absolute atomic E-state index is 0.274. The molecule has 1 amide bonds. The van der Waals surface area contributed by atoms with Crippen molar-refractivity contribution in [2.24, 2.45) is 0 Å². The topological polar surface area (TPSA) is 70.0 Å². The number of carbonyl (C=O) groups is 2. The molecule has 1 fully saturated rings. The summed E-state index contributed by atoms with van der Waals surface area (Å²) in [5.41, 5.74) is 4.27. The van der Waals surface area contributed by atoms with Crippen molar-refractivity contribution in [1.82, 2.24) is 9.47 Å². The third-order valence-electron chi connectivity index (χ3n) is 5.62. The molecule has 0 atom stereocenters. The summed E-state index contributed by atoms with van der Waals surface area (Å²) in [4.78, 5) is 26.0. The van der Waals surface area contributed by atoms with Gasteiger partial charge in [-0.3, -0.25) is 4.79 Å². The van der Waals surface area contributed by atoms with Crippen molar-refractivity contribution in [2.45, 2.75) is 39.3 Å². The quantitative estimate of drug-likeness (QED) is 0.503. The van der Waals surface area contributed by atoms with E-state index in [4.69, 9.17) is 14.2 Å². The lowest BCUT2D eigenvalue weighted by Crippen LogP contribution is -2.30. The summed E-state index contributed by atoms with van der Waals surface area (Å²) in [6, 6.07) is 8.27. The fraction of sp³-hybridized carbons (Fsp3) is 0.417. The van der Waals surface area contributed by atoms with Crippen LogP contribution in [0.25, 0.3) is 6.08 Å². The Kier molecular flexibility index (Phi) is 6.02. The van der Waals surface area contributed by atoms with Crippen molar-refractivity contribution in [3.63, 3.8) is 0 Å². The highest BCUT2D eigenvalue weighted by molar-refractivity contribution is 5.89. The summed E-state index contributed by atoms with van der Waals surface area (Å²) in [6.07, 6.45) is 5.56. The van der Waals surface area contributed by atoms with Gasteiger partial charge in [0.25, 0.3) is 5.91 Å². The van der Waals surface area contributed by atoms with E-state index in [1.165, 1.54) is 29.5 Å². The molecule has 1 saturated carbocycles. The zero-order valence-corrected chi connectivity index (χ0v) is 18.2. The first kappa shape index (κ1) is 21.0. The van der Waals surface area contributed by atoms with Crippen LogP contribution in [0.3, 0.4) is 0 Å². The van der Waals surface area contributed by atoms with Gasteiger partial charge < -0.3 is 23.7 Å². The van der Waals surface area contributed by atoms with E-state index in [9.17, 15) is 9.59 Å². The molecule has 0 bridgehead atoms. The van der Waals surface area contributed by atoms with Crippen LogP contribution in [0.15, 0.2) is 30.3 Å². The lowest BCUT2D eigenvalue weighted by Gasteiger charge is -2.21. The minimum Gasteiger partial charge on any atom is -0.486 e. The van der Waals surface area contributed by atoms with Crippen molar-refractivity contribution in [3.8, 4) is 11.5 Å². The van der Waals surface area contributed by atoms with Crippen LogP contribution in [0, 0.1) is 13.8 Å². The maximum Gasteiger partial charge on any atom is 0.331 e. The number of aryl methyl sites for hydroxylation is 1. The highest BCUT2D eigenvalue weighted by Crippen LogP contribution is 2.38. The molecule has 7 heteroatoms. The number of hydrogen-bond acceptors (Lipinski definition) is 5. The summed E-state index contributed by atoms with van der Waals surface area (Å²) in [7, 11) is 1.68. The summed E-state index contributed by atoms with van der Waals surface area (Å²) in [5.74, 6) is 0.589. The average Bonchev–Trinajstić information content (AvgIpc) is 3.55. The number of carbonyl (C=O) groups excluding carboxylic acids is 2. The predicted molar refractivity (Wildman–Crippen MR) is 116 cm³/mol. The lowest BCUT2D eigenvalue weighted by atomic mass is 10.2. The standard InChI is InChI=1S/C24H28N2O5/c1-16-12-19(17(2)26(16)20-6-7-20)5-9-24(28)31-15-23(27)25(3)14-18-4-8-21-22(13-18)30-11-10-29-21/h4-5,8-9,12-13,20H,6-7,10-11,14-15H2,1-3H3/b9-5+. The molecular weight excluding hydrogens is 396 g/mol. The Morgan fingerprint density at radius 1 is 1.16 bits per heavy atom. The molecule has 2 aliphatic rings. The van der Waals surface area contributed by atoms with E-state index in [1.807, 2.05) is 18.2 Å². The number of nitrogens with zero attached hydrogens (tertiary/aromatic N) is 2. The summed E-state index contributed by atoms with van der Waals surface area (Å²) >= 11 is 0. The summed E-state index contributed by atoms with van der Waals surface area (Å²) < 4.78 is 18.5. The van der Waals surface area contributed by atoms with Gasteiger partial charge in [0.1, 0.15) is 13.2 Å². The predicted octanol–water partition coefficient (Wildman–Crippen LogP) is 3.43. The van der Waals surface area contributed by atoms with Gasteiger partial charge in [-0.15, -0.1) is 0 Å². The van der Waals surface area contributed by atoms with E-state index >= 15 is 0 Å². The van der Waals surface area contributed by atoms with Crippen molar-refractivity contribution in [3.05, 3.63) is 52.9 Å². The number of aromatic nitrogens is 1. The lowest BCUT2D eigenvalue weighted by molar-refractivity contribution is -0.147. The molecule has 2 heterocycles. The van der Waals surface area contributed by atoms with Crippen LogP contribution in [0.4, 0.5) is 0 Å². The van der Waals surface area contributed by atoms with E-state index in [0.717, 1.165) is 16.8 Å². The third kappa shape index (κ3) is 4.93. The molecule has 0 unspecified atom stereocenters. The molecular formula is C24H28N2O5. The smallest absolute Gasteiger partial charge is 0.331 e. The zero-order valence-electron chi connectivity index (χ0n) is 18.2. The highest BCUT2D eigenvalue weighted by atomic mass is 16.6. The fourth-order valence-corrected chi connectivity index (χ4v) is 3.86. The molecule has 1 aliphatic heterocycles. The van der Waals surface area contributed by atoms with Crippen LogP contribution < -0.4 is 9.47 Å². The Morgan fingerprint density at radius 2 is 1.90 bits per heavy atom. The van der Waals surface area contributed by atoms with Gasteiger partial charge in [-0.05, 0) is 62.1 Å². The van der Waals surface area contributed by atoms with Crippen molar-refractivity contribution < 1.29 is 23.8 Å². The first-order chi connectivity index (χ1) is 14.9. The second-order valence-electron chi connectivity index (χ2n) is 8.10. The first-order valence-corrected chi connectivity index (χ1v) is 10.6. The first-order valence-electron chi connectivity index (χ1n) is 10.6. The Balaban J connectivity index is 1.27. The molecule has 2 aromatic rings. The molecule has 1 aromatic heterocycles. The van der Waals surface area contributed by atoms with E-state index in [2.05, 4.69) is 24.5 Å². The van der Waals surface area contributed by atoms with Gasteiger partial charge in [-0.1, -0.05) is 6.07 Å². The maximum atomic E-state index is 12.4. The van der Waals surface area contributed by atoms with Gasteiger partial charge >= 0.3 is 5.97 Å². The van der Waals surface area contributed by atoms with Crippen LogP contribution in [0.2, 0.25) is 0 Å². The third-order valence-corrected chi connectivity index (χ3v) is 5.62. The fourth-order valence-electron chi connectivity index (χ4n) is 3.86. The van der Waals surface area contributed by atoms with Crippen molar-refractivity contribution >= 4 is 18.0 Å². The molecule has 7 nitrogen and oxygen atoms in total. The summed E-state index contributed by atoms with van der Waals surface area (Å²) in [6.45, 7) is 5.28. The number of ether oxygens (including phenoxy) is 3. The van der Waals surface area contributed by atoms with Gasteiger partial charge in [0.2, 0.25) is 0 Å². The number of rotatable bonds is 7. The van der Waals surface area contributed by atoms with Crippen LogP contribution in [0.1, 0.15) is 41.4 Å². The van der Waals surface area contributed by atoms with Crippen molar-refractivity contribution in [2.75, 3.05) is 26.9 Å². The number of esters is 1. The highest BCUT2D eigenvalue weighted by Gasteiger charge is 2.26. The Bertz CT molecular complexity index is 1020. The monoisotopic (exact) mass is 424 g/mol. The zero-order chi connectivity index (χ0) is 22.0. The van der Waals surface area contributed by atoms with Crippen LogP contribution >= 0.6 is 0 Å². The molecule has 0 radical (unpaired) electrons.